The van der Waals surface area contributed by atoms with Crippen molar-refractivity contribution in [2.24, 2.45) is 5.41 Å². The zero-order valence-corrected chi connectivity index (χ0v) is 18.1. The Kier molecular flexibility index (Phi) is 5.94. The van der Waals surface area contributed by atoms with Gasteiger partial charge in [0.05, 0.1) is 17.3 Å². The average Bonchev–Trinajstić information content (AvgIpc) is 3.09. The van der Waals surface area contributed by atoms with E-state index in [4.69, 9.17) is 0 Å². The van der Waals surface area contributed by atoms with Crippen molar-refractivity contribution in [3.8, 4) is 17.5 Å². The zero-order valence-electron chi connectivity index (χ0n) is 18.1. The summed E-state index contributed by atoms with van der Waals surface area (Å²) in [5.74, 6) is 0.0378. The molecule has 2 amide bonds. The van der Waals surface area contributed by atoms with Crippen molar-refractivity contribution in [3.05, 3.63) is 41.2 Å². The molecule has 1 aliphatic heterocycles. The van der Waals surface area contributed by atoms with Crippen molar-refractivity contribution in [3.63, 3.8) is 0 Å². The number of hydrogen-bond donors (Lipinski definition) is 2. The van der Waals surface area contributed by atoms with Gasteiger partial charge in [0.25, 0.3) is 5.91 Å². The molecule has 30 heavy (non-hydrogen) atoms. The lowest BCUT2D eigenvalue weighted by molar-refractivity contribution is -0.124. The summed E-state index contributed by atoms with van der Waals surface area (Å²) >= 11 is 0. The van der Waals surface area contributed by atoms with E-state index in [2.05, 4.69) is 26.6 Å². The van der Waals surface area contributed by atoms with E-state index in [-0.39, 0.29) is 11.8 Å². The normalized spacial score (nSPS) is 15.1. The van der Waals surface area contributed by atoms with Gasteiger partial charge in [-0.15, -0.1) is 0 Å². The number of hydrogen-bond acceptors (Lipinski definition) is 5. The fourth-order valence-electron chi connectivity index (χ4n) is 3.64. The second-order valence-electron chi connectivity index (χ2n) is 8.70. The maximum Gasteiger partial charge on any atom is 0.272 e. The smallest absolute Gasteiger partial charge is 0.272 e. The van der Waals surface area contributed by atoms with Gasteiger partial charge in [-0.05, 0) is 24.6 Å². The number of aromatic nitrogens is 2. The predicted octanol–water partition coefficient (Wildman–Crippen LogP) is 1.76. The van der Waals surface area contributed by atoms with Crippen molar-refractivity contribution in [1.82, 2.24) is 25.1 Å². The molecule has 1 aromatic carbocycles. The minimum Gasteiger partial charge on any atom is -0.357 e. The van der Waals surface area contributed by atoms with Crippen LogP contribution in [-0.2, 0) is 17.9 Å². The van der Waals surface area contributed by atoms with Crippen molar-refractivity contribution in [2.75, 3.05) is 20.6 Å². The second-order valence-corrected chi connectivity index (χ2v) is 8.70. The number of fused-ring (bicyclic) bond motifs is 1. The molecule has 0 radical (unpaired) electrons. The number of nitrogens with one attached hydrogen (secondary N) is 2. The summed E-state index contributed by atoms with van der Waals surface area (Å²) in [6, 6.07) is 8.66. The zero-order chi connectivity index (χ0) is 22.1. The van der Waals surface area contributed by atoms with Gasteiger partial charge in [-0.1, -0.05) is 32.9 Å². The van der Waals surface area contributed by atoms with Crippen LogP contribution < -0.4 is 10.6 Å². The van der Waals surface area contributed by atoms with Crippen LogP contribution in [0.4, 0.5) is 0 Å². The van der Waals surface area contributed by atoms with Crippen LogP contribution in [0.2, 0.25) is 0 Å². The molecule has 0 bridgehead atoms. The van der Waals surface area contributed by atoms with E-state index in [1.54, 1.807) is 19.2 Å². The van der Waals surface area contributed by atoms with Gasteiger partial charge in [0.2, 0.25) is 5.91 Å². The summed E-state index contributed by atoms with van der Waals surface area (Å²) in [6.07, 6.45) is 0. The van der Waals surface area contributed by atoms with Crippen LogP contribution in [0.25, 0.3) is 11.4 Å². The summed E-state index contributed by atoms with van der Waals surface area (Å²) in [6.45, 7) is 7.82. The van der Waals surface area contributed by atoms with Gasteiger partial charge >= 0.3 is 0 Å². The number of rotatable bonds is 4. The Morgan fingerprint density at radius 3 is 2.63 bits per heavy atom. The maximum absolute atomic E-state index is 13.2. The molecule has 1 aliphatic rings. The van der Waals surface area contributed by atoms with Gasteiger partial charge < -0.3 is 15.2 Å². The first kappa shape index (κ1) is 21.5. The van der Waals surface area contributed by atoms with Gasteiger partial charge in [0.15, 0.2) is 5.69 Å². The number of imidazole rings is 1. The molecule has 2 heterocycles. The Bertz CT molecular complexity index is 1010. The first-order chi connectivity index (χ1) is 14.2. The van der Waals surface area contributed by atoms with Crippen molar-refractivity contribution >= 4 is 11.8 Å². The molecule has 0 unspecified atom stereocenters. The van der Waals surface area contributed by atoms with Crippen LogP contribution in [0, 0.1) is 16.7 Å². The number of nitriles is 1. The highest BCUT2D eigenvalue weighted by atomic mass is 16.2. The molecule has 158 valence electrons. The minimum atomic E-state index is -0.695. The fraction of sp³-hybridized carbons (Fsp3) is 0.455. The van der Waals surface area contributed by atoms with Crippen LogP contribution in [0.15, 0.2) is 24.3 Å². The van der Waals surface area contributed by atoms with Gasteiger partial charge in [-0.2, -0.15) is 5.26 Å². The molecule has 8 heteroatoms. The highest BCUT2D eigenvalue weighted by Gasteiger charge is 2.35. The molecule has 3 rings (SSSR count). The number of carbonyl (C=O) groups is 2. The average molecular weight is 409 g/mol. The van der Waals surface area contributed by atoms with Crippen molar-refractivity contribution in [2.45, 2.75) is 39.9 Å². The Balaban J connectivity index is 2.04. The van der Waals surface area contributed by atoms with Crippen molar-refractivity contribution in [1.29, 1.82) is 5.26 Å². The number of benzene rings is 1. The maximum atomic E-state index is 13.2. The number of carbonyl (C=O) groups excluding carboxylic acids is 2. The van der Waals surface area contributed by atoms with Gasteiger partial charge in [-0.25, -0.2) is 4.98 Å². The molecule has 0 aliphatic carbocycles. The third-order valence-corrected chi connectivity index (χ3v) is 5.31. The van der Waals surface area contributed by atoms with Crippen LogP contribution in [-0.4, -0.2) is 52.9 Å². The van der Waals surface area contributed by atoms with E-state index in [9.17, 15) is 14.9 Å². The van der Waals surface area contributed by atoms with E-state index in [0.717, 1.165) is 17.8 Å². The Morgan fingerprint density at radius 1 is 1.27 bits per heavy atom. The van der Waals surface area contributed by atoms with Crippen molar-refractivity contribution < 1.29 is 9.59 Å². The van der Waals surface area contributed by atoms with Crippen LogP contribution in [0.3, 0.4) is 0 Å². The minimum absolute atomic E-state index is 0.247. The molecule has 1 aromatic heterocycles. The summed E-state index contributed by atoms with van der Waals surface area (Å²) in [5, 5.41) is 14.7. The molecule has 0 spiro atoms. The molecular formula is C22H28N6O2. The standard InChI is InChI=1S/C22H28N6O2/c1-22(2,3)18(21(30)24-4)26-20(29)17-16-13-27(5)9-10-28(16)19(25-17)15-8-6-7-14(11-15)12-23/h6-8,11,18H,9-10,13H2,1-5H3,(H,24,30)(H,26,29)/t18-/m1/s1. The van der Waals surface area contributed by atoms with Gasteiger partial charge in [0.1, 0.15) is 11.9 Å². The Labute approximate surface area is 176 Å². The first-order valence-corrected chi connectivity index (χ1v) is 9.96. The first-order valence-electron chi connectivity index (χ1n) is 9.96. The summed E-state index contributed by atoms with van der Waals surface area (Å²) in [4.78, 5) is 32.4. The molecule has 1 atom stereocenters. The van der Waals surface area contributed by atoms with E-state index in [0.29, 0.717) is 30.2 Å². The topological polar surface area (TPSA) is 103 Å². The third-order valence-electron chi connectivity index (χ3n) is 5.31. The predicted molar refractivity (Wildman–Crippen MR) is 113 cm³/mol. The van der Waals surface area contributed by atoms with Gasteiger partial charge in [-0.3, -0.25) is 14.5 Å². The SMILES string of the molecule is CNC(=O)[C@@H](NC(=O)c1nc(-c2cccc(C#N)c2)n2c1CN(C)CC2)C(C)(C)C. The number of amides is 2. The molecular weight excluding hydrogens is 380 g/mol. The van der Waals surface area contributed by atoms with E-state index >= 15 is 0 Å². The third kappa shape index (κ3) is 4.21. The summed E-state index contributed by atoms with van der Waals surface area (Å²) < 4.78 is 2.04. The fourth-order valence-corrected chi connectivity index (χ4v) is 3.64. The Morgan fingerprint density at radius 2 is 2.00 bits per heavy atom. The quantitative estimate of drug-likeness (QED) is 0.802. The van der Waals surface area contributed by atoms with Crippen LogP contribution in [0.1, 0.15) is 42.5 Å². The highest BCUT2D eigenvalue weighted by molar-refractivity contribution is 5.97. The van der Waals surface area contributed by atoms with E-state index in [1.807, 2.05) is 44.5 Å². The lowest BCUT2D eigenvalue weighted by Gasteiger charge is -2.30. The lowest BCUT2D eigenvalue weighted by atomic mass is 9.86. The highest BCUT2D eigenvalue weighted by Crippen LogP contribution is 2.27. The number of likely N-dealkylation sites (N-methyl/N-ethyl adjacent to an activating group) is 2. The Hall–Kier alpha value is -3.18. The largest absolute Gasteiger partial charge is 0.357 e. The summed E-state index contributed by atoms with van der Waals surface area (Å²) in [5.41, 5.74) is 1.99. The number of nitrogens with zero attached hydrogens (tertiary/aromatic N) is 4. The van der Waals surface area contributed by atoms with Gasteiger partial charge in [0, 0.05) is 32.2 Å². The molecule has 2 aromatic rings. The molecule has 8 nitrogen and oxygen atoms in total. The van der Waals surface area contributed by atoms with Crippen LogP contribution >= 0.6 is 0 Å². The van der Waals surface area contributed by atoms with E-state index in [1.165, 1.54) is 0 Å². The lowest BCUT2D eigenvalue weighted by Crippen LogP contribution is -2.53. The second kappa shape index (κ2) is 8.28. The molecule has 0 fully saturated rings. The molecule has 0 saturated heterocycles. The van der Waals surface area contributed by atoms with E-state index < -0.39 is 11.5 Å². The molecule has 2 N–H and O–H groups in total. The summed E-state index contributed by atoms with van der Waals surface area (Å²) in [7, 11) is 3.55. The van der Waals surface area contributed by atoms with Crippen LogP contribution in [0.5, 0.6) is 0 Å². The molecule has 0 saturated carbocycles. The monoisotopic (exact) mass is 408 g/mol.